The number of carbonyl (C=O) groups is 1. The lowest BCUT2D eigenvalue weighted by Crippen LogP contribution is -2.00. The van der Waals surface area contributed by atoms with E-state index in [1.807, 2.05) is 25.1 Å². The third kappa shape index (κ3) is 1.94. The maximum atomic E-state index is 11.6. The Balaban J connectivity index is 2.32. The number of benzene rings is 1. The molecule has 1 aromatic rings. The zero-order chi connectivity index (χ0) is 11.7. The van der Waals surface area contributed by atoms with Gasteiger partial charge in [-0.2, -0.15) is 5.26 Å². The third-order valence-electron chi connectivity index (χ3n) is 2.73. The van der Waals surface area contributed by atoms with Crippen molar-refractivity contribution < 1.29 is 4.79 Å². The fourth-order valence-corrected chi connectivity index (χ4v) is 2.23. The number of ketones is 1. The first-order valence-electron chi connectivity index (χ1n) is 5.01. The van der Waals surface area contributed by atoms with Crippen molar-refractivity contribution in [2.45, 2.75) is 19.8 Å². The Morgan fingerprint density at radius 1 is 1.56 bits per heavy atom. The van der Waals surface area contributed by atoms with Crippen molar-refractivity contribution in [2.24, 2.45) is 0 Å². The minimum Gasteiger partial charge on any atom is -0.293 e. The van der Waals surface area contributed by atoms with Crippen LogP contribution in [0.2, 0.25) is 0 Å². The number of Topliss-reactive ketones (excluding diaryl/α,β-unsaturated/α-hetero) is 1. The predicted molar refractivity (Wildman–Crippen MR) is 65.8 cm³/mol. The van der Waals surface area contributed by atoms with Crippen LogP contribution in [-0.2, 0) is 11.2 Å². The van der Waals surface area contributed by atoms with Crippen molar-refractivity contribution >= 4 is 27.8 Å². The summed E-state index contributed by atoms with van der Waals surface area (Å²) in [5.74, 6) is -0.0625. The topological polar surface area (TPSA) is 40.9 Å². The first-order chi connectivity index (χ1) is 7.61. The van der Waals surface area contributed by atoms with E-state index in [0.29, 0.717) is 6.42 Å². The van der Waals surface area contributed by atoms with E-state index in [4.69, 9.17) is 5.26 Å². The highest BCUT2D eigenvalue weighted by molar-refractivity contribution is 9.10. The van der Waals surface area contributed by atoms with E-state index in [1.165, 1.54) is 0 Å². The number of hydrogen-bond donors (Lipinski definition) is 0. The van der Waals surface area contributed by atoms with Gasteiger partial charge in [0.1, 0.15) is 0 Å². The molecular weight excluding hydrogens is 266 g/mol. The molecule has 0 unspecified atom stereocenters. The van der Waals surface area contributed by atoms with Gasteiger partial charge in [-0.1, -0.05) is 22.0 Å². The molecular formula is C13H10BrNO. The van der Waals surface area contributed by atoms with Crippen molar-refractivity contribution in [2.75, 3.05) is 0 Å². The Morgan fingerprint density at radius 2 is 2.31 bits per heavy atom. The Morgan fingerprint density at radius 3 is 3.00 bits per heavy atom. The highest BCUT2D eigenvalue weighted by atomic mass is 79.9. The number of nitriles is 1. The summed E-state index contributed by atoms with van der Waals surface area (Å²) in [7, 11) is 0. The van der Waals surface area contributed by atoms with Gasteiger partial charge in [-0.25, -0.2) is 0 Å². The lowest BCUT2D eigenvalue weighted by Gasteiger charge is -2.02. The van der Waals surface area contributed by atoms with Gasteiger partial charge in [0.15, 0.2) is 5.78 Å². The SMILES string of the molecule is Cc1cc2c(cc1Br)CC(C(=O)CC#N)=C2. The molecule has 0 saturated carbocycles. The fourth-order valence-electron chi connectivity index (χ4n) is 1.84. The zero-order valence-corrected chi connectivity index (χ0v) is 10.5. The van der Waals surface area contributed by atoms with Gasteiger partial charge in [0.25, 0.3) is 0 Å². The van der Waals surface area contributed by atoms with Gasteiger partial charge in [-0.3, -0.25) is 4.79 Å². The van der Waals surface area contributed by atoms with Gasteiger partial charge >= 0.3 is 0 Å². The van der Waals surface area contributed by atoms with Crippen molar-refractivity contribution in [1.29, 1.82) is 5.26 Å². The van der Waals surface area contributed by atoms with Crippen LogP contribution in [0.5, 0.6) is 0 Å². The minimum absolute atomic E-state index is 0.0278. The van der Waals surface area contributed by atoms with Gasteiger partial charge in [-0.15, -0.1) is 0 Å². The molecule has 0 aliphatic heterocycles. The molecule has 1 aliphatic carbocycles. The van der Waals surface area contributed by atoms with Crippen LogP contribution in [0, 0.1) is 18.3 Å². The van der Waals surface area contributed by atoms with Crippen LogP contribution in [-0.4, -0.2) is 5.78 Å². The number of rotatable bonds is 2. The monoisotopic (exact) mass is 275 g/mol. The molecule has 1 aliphatic rings. The van der Waals surface area contributed by atoms with Crippen LogP contribution in [0.4, 0.5) is 0 Å². The van der Waals surface area contributed by atoms with Crippen molar-refractivity contribution in [1.82, 2.24) is 0 Å². The second-order valence-electron chi connectivity index (χ2n) is 3.90. The molecule has 0 amide bonds. The molecule has 2 rings (SSSR count). The van der Waals surface area contributed by atoms with E-state index in [2.05, 4.69) is 22.0 Å². The molecule has 0 atom stereocenters. The summed E-state index contributed by atoms with van der Waals surface area (Å²) in [4.78, 5) is 11.6. The van der Waals surface area contributed by atoms with Crippen LogP contribution >= 0.6 is 15.9 Å². The van der Waals surface area contributed by atoms with Crippen molar-refractivity contribution in [3.63, 3.8) is 0 Å². The molecule has 0 radical (unpaired) electrons. The van der Waals surface area contributed by atoms with Gasteiger partial charge < -0.3 is 0 Å². The molecule has 2 nitrogen and oxygen atoms in total. The molecule has 80 valence electrons. The average Bonchev–Trinajstić information content (AvgIpc) is 2.62. The summed E-state index contributed by atoms with van der Waals surface area (Å²) < 4.78 is 1.06. The van der Waals surface area contributed by atoms with E-state index in [9.17, 15) is 4.79 Å². The Bertz CT molecular complexity index is 538. The van der Waals surface area contributed by atoms with E-state index in [0.717, 1.165) is 26.7 Å². The molecule has 1 aromatic carbocycles. The average molecular weight is 276 g/mol. The minimum atomic E-state index is -0.0625. The van der Waals surface area contributed by atoms with Gasteiger partial charge in [-0.05, 0) is 35.8 Å². The number of nitrogens with zero attached hydrogens (tertiary/aromatic N) is 1. The molecule has 0 aromatic heterocycles. The van der Waals surface area contributed by atoms with Gasteiger partial charge in [0, 0.05) is 16.5 Å². The normalized spacial score (nSPS) is 12.9. The Labute approximate surface area is 103 Å². The van der Waals surface area contributed by atoms with Crippen molar-refractivity contribution in [3.8, 4) is 6.07 Å². The Kier molecular flexibility index (Phi) is 2.93. The van der Waals surface area contributed by atoms with Crippen molar-refractivity contribution in [3.05, 3.63) is 38.9 Å². The molecule has 0 spiro atoms. The molecule has 0 fully saturated rings. The highest BCUT2D eigenvalue weighted by Gasteiger charge is 2.18. The first-order valence-corrected chi connectivity index (χ1v) is 5.81. The number of aryl methyl sites for hydroxylation is 1. The standard InChI is InChI=1S/C13H10BrNO/c1-8-4-9-5-11(13(16)2-3-15)6-10(9)7-12(8)14/h4-5,7H,2,6H2,1H3. The predicted octanol–water partition coefficient (Wildman–Crippen LogP) is 3.18. The summed E-state index contributed by atoms with van der Waals surface area (Å²) in [5, 5.41) is 8.50. The summed E-state index contributed by atoms with van der Waals surface area (Å²) in [6.07, 6.45) is 2.52. The largest absolute Gasteiger partial charge is 0.293 e. The summed E-state index contributed by atoms with van der Waals surface area (Å²) in [6, 6.07) is 6.01. The van der Waals surface area contributed by atoms with Gasteiger partial charge in [0.2, 0.25) is 0 Å². The van der Waals surface area contributed by atoms with E-state index >= 15 is 0 Å². The number of allylic oxidation sites excluding steroid dienone is 1. The zero-order valence-electron chi connectivity index (χ0n) is 8.88. The molecule has 16 heavy (non-hydrogen) atoms. The second-order valence-corrected chi connectivity index (χ2v) is 4.76. The Hall–Kier alpha value is -1.40. The highest BCUT2D eigenvalue weighted by Crippen LogP contribution is 2.30. The maximum Gasteiger partial charge on any atom is 0.173 e. The molecule has 0 heterocycles. The third-order valence-corrected chi connectivity index (χ3v) is 3.58. The van der Waals surface area contributed by atoms with Crippen LogP contribution in [0.1, 0.15) is 23.1 Å². The van der Waals surface area contributed by atoms with Gasteiger partial charge in [0.05, 0.1) is 12.5 Å². The van der Waals surface area contributed by atoms with Crippen LogP contribution in [0.15, 0.2) is 22.2 Å². The smallest absolute Gasteiger partial charge is 0.173 e. The van der Waals surface area contributed by atoms with E-state index < -0.39 is 0 Å². The summed E-state index contributed by atoms with van der Waals surface area (Å²) in [6.45, 7) is 2.02. The molecule has 3 heteroatoms. The summed E-state index contributed by atoms with van der Waals surface area (Å²) >= 11 is 3.48. The van der Waals surface area contributed by atoms with E-state index in [1.54, 1.807) is 0 Å². The number of carbonyl (C=O) groups excluding carboxylic acids is 1. The lowest BCUT2D eigenvalue weighted by atomic mass is 10.1. The second kappa shape index (κ2) is 4.23. The quantitative estimate of drug-likeness (QED) is 0.832. The maximum absolute atomic E-state index is 11.6. The van der Waals surface area contributed by atoms with E-state index in [-0.39, 0.29) is 12.2 Å². The lowest BCUT2D eigenvalue weighted by molar-refractivity contribution is -0.114. The number of fused-ring (bicyclic) bond motifs is 1. The molecule has 0 bridgehead atoms. The van der Waals surface area contributed by atoms with Crippen LogP contribution in [0.25, 0.3) is 6.08 Å². The fraction of sp³-hybridized carbons (Fsp3) is 0.231. The summed E-state index contributed by atoms with van der Waals surface area (Å²) in [5.41, 5.74) is 4.15. The number of hydrogen-bond acceptors (Lipinski definition) is 2. The molecule has 0 N–H and O–H groups in total. The van der Waals surface area contributed by atoms with Crippen LogP contribution in [0.3, 0.4) is 0 Å². The first kappa shape index (κ1) is 11.1. The number of halogens is 1. The van der Waals surface area contributed by atoms with Crippen LogP contribution < -0.4 is 0 Å². The molecule has 0 saturated heterocycles.